The molecule has 0 bridgehead atoms. The molecule has 106 heavy (non-hydrogen) atoms. The standard InChI is InChI=1S/C87H170O17P2/c1-8-9-10-11-12-13-40-47-54-61-68-84(89)97-74-82(103-86(91)71-64-57-50-43-36-30-24-18-21-27-33-39-46-53-60-67-80(6)7)76-101-105(93,94)99-72-81(88)73-100-106(95,96)102-77-83(104-87(92)70-63-56-49-42-35-29-23-17-15-20-26-32-38-45-52-59-66-79(4)5)75-98-85(90)69-62-55-48-41-34-28-22-16-14-19-25-31-37-44-51-58-65-78(2)3/h78-83,88H,8-77H2,1-7H3,(H,93,94)(H,95,96)/t81-,82+,83+/m0/s1. The zero-order chi connectivity index (χ0) is 77.9. The summed E-state index contributed by atoms with van der Waals surface area (Å²) in [4.78, 5) is 73.2. The summed E-state index contributed by atoms with van der Waals surface area (Å²) in [6, 6.07) is 0. The van der Waals surface area contributed by atoms with Gasteiger partial charge in [0.1, 0.15) is 19.3 Å². The van der Waals surface area contributed by atoms with E-state index in [0.717, 1.165) is 108 Å². The van der Waals surface area contributed by atoms with Crippen LogP contribution in [0.15, 0.2) is 0 Å². The van der Waals surface area contributed by atoms with Gasteiger partial charge in [0.25, 0.3) is 0 Å². The zero-order valence-corrected chi connectivity index (χ0v) is 71.7. The fraction of sp³-hybridized carbons (Fsp3) is 0.954. The molecule has 0 fully saturated rings. The summed E-state index contributed by atoms with van der Waals surface area (Å²) >= 11 is 0. The SMILES string of the molecule is CCCCCCCCCCCCC(=O)OC[C@H](COP(=O)(O)OC[C@H](O)COP(=O)(O)OC[C@@H](COC(=O)CCCCCCCCCCCCCCCCCCC(C)C)OC(=O)CCCCCCCCCCCCCCCCCCC(C)C)OC(=O)CCCCCCCCCCCCCCCCCC(C)C. The van der Waals surface area contributed by atoms with Gasteiger partial charge < -0.3 is 33.8 Å². The molecule has 0 aromatic rings. The van der Waals surface area contributed by atoms with Crippen LogP contribution in [0.5, 0.6) is 0 Å². The quantitative estimate of drug-likeness (QED) is 0.0222. The molecule has 5 atom stereocenters. The van der Waals surface area contributed by atoms with E-state index in [4.69, 9.17) is 37.0 Å². The second kappa shape index (κ2) is 77.0. The topological polar surface area (TPSA) is 237 Å². The lowest BCUT2D eigenvalue weighted by Gasteiger charge is -2.21. The summed E-state index contributed by atoms with van der Waals surface area (Å²) in [5, 5.41) is 10.7. The van der Waals surface area contributed by atoms with Gasteiger partial charge in [-0.05, 0) is 43.4 Å². The summed E-state index contributed by atoms with van der Waals surface area (Å²) in [6.07, 6.45) is 68.0. The molecule has 0 saturated heterocycles. The van der Waals surface area contributed by atoms with Crippen LogP contribution in [0, 0.1) is 17.8 Å². The molecule has 0 saturated carbocycles. The Hall–Kier alpha value is -1.94. The first-order valence-corrected chi connectivity index (χ1v) is 47.8. The van der Waals surface area contributed by atoms with E-state index in [-0.39, 0.29) is 25.7 Å². The van der Waals surface area contributed by atoms with E-state index < -0.39 is 97.5 Å². The molecule has 0 aromatic heterocycles. The second-order valence-corrected chi connectivity index (χ2v) is 35.6. The van der Waals surface area contributed by atoms with Crippen LogP contribution in [0.4, 0.5) is 0 Å². The summed E-state index contributed by atoms with van der Waals surface area (Å²) in [5.74, 6) is 0.322. The maximum atomic E-state index is 13.2. The van der Waals surface area contributed by atoms with Crippen molar-refractivity contribution in [3.05, 3.63) is 0 Å². The number of ether oxygens (including phenoxy) is 4. The van der Waals surface area contributed by atoms with Crippen LogP contribution in [0.1, 0.15) is 459 Å². The largest absolute Gasteiger partial charge is 0.472 e. The summed E-state index contributed by atoms with van der Waals surface area (Å²) in [7, 11) is -9.93. The number of hydrogen-bond donors (Lipinski definition) is 3. The van der Waals surface area contributed by atoms with E-state index in [1.165, 1.54) is 270 Å². The molecule has 0 heterocycles. The van der Waals surface area contributed by atoms with E-state index in [9.17, 15) is 43.2 Å². The number of phosphoric acid groups is 2. The van der Waals surface area contributed by atoms with Gasteiger partial charge >= 0.3 is 39.5 Å². The Morgan fingerprint density at radius 2 is 0.434 bits per heavy atom. The fourth-order valence-corrected chi connectivity index (χ4v) is 15.1. The van der Waals surface area contributed by atoms with Crippen molar-refractivity contribution in [2.45, 2.75) is 478 Å². The van der Waals surface area contributed by atoms with Crippen LogP contribution in [-0.2, 0) is 65.4 Å². The molecule has 0 radical (unpaired) electrons. The lowest BCUT2D eigenvalue weighted by atomic mass is 10.0. The third kappa shape index (κ3) is 80.1. The van der Waals surface area contributed by atoms with Gasteiger partial charge in [0, 0.05) is 25.7 Å². The molecule has 19 heteroatoms. The number of rotatable bonds is 85. The highest BCUT2D eigenvalue weighted by Crippen LogP contribution is 2.45. The van der Waals surface area contributed by atoms with Crippen LogP contribution in [-0.4, -0.2) is 96.7 Å². The monoisotopic (exact) mass is 1550 g/mol. The third-order valence-electron chi connectivity index (χ3n) is 20.4. The highest BCUT2D eigenvalue weighted by atomic mass is 31.2. The van der Waals surface area contributed by atoms with Crippen molar-refractivity contribution in [2.24, 2.45) is 17.8 Å². The predicted octanol–water partition coefficient (Wildman–Crippen LogP) is 26.5. The highest BCUT2D eigenvalue weighted by molar-refractivity contribution is 7.47. The van der Waals surface area contributed by atoms with E-state index in [1.807, 2.05) is 0 Å². The van der Waals surface area contributed by atoms with Gasteiger partial charge in [-0.1, -0.05) is 408 Å². The smallest absolute Gasteiger partial charge is 0.462 e. The van der Waals surface area contributed by atoms with Crippen molar-refractivity contribution < 1.29 is 80.2 Å². The van der Waals surface area contributed by atoms with Crippen molar-refractivity contribution in [1.29, 1.82) is 0 Å². The third-order valence-corrected chi connectivity index (χ3v) is 22.3. The maximum Gasteiger partial charge on any atom is 0.472 e. The van der Waals surface area contributed by atoms with Crippen molar-refractivity contribution >= 4 is 39.5 Å². The highest BCUT2D eigenvalue weighted by Gasteiger charge is 2.30. The molecule has 0 amide bonds. The number of carbonyl (C=O) groups is 4. The minimum absolute atomic E-state index is 0.108. The summed E-state index contributed by atoms with van der Waals surface area (Å²) in [5.41, 5.74) is 0. The molecule has 0 aliphatic carbocycles. The Morgan fingerprint density at radius 1 is 0.255 bits per heavy atom. The van der Waals surface area contributed by atoms with Crippen LogP contribution in [0.3, 0.4) is 0 Å². The minimum atomic E-state index is -4.97. The molecule has 630 valence electrons. The Morgan fingerprint density at radius 3 is 0.642 bits per heavy atom. The minimum Gasteiger partial charge on any atom is -0.462 e. The van der Waals surface area contributed by atoms with Gasteiger partial charge in [-0.3, -0.25) is 37.3 Å². The van der Waals surface area contributed by atoms with Gasteiger partial charge in [-0.15, -0.1) is 0 Å². The van der Waals surface area contributed by atoms with Gasteiger partial charge in [-0.25, -0.2) is 9.13 Å². The normalized spacial score (nSPS) is 13.9. The number of unbranched alkanes of at least 4 members (excludes halogenated alkanes) is 53. The van der Waals surface area contributed by atoms with E-state index in [2.05, 4.69) is 48.5 Å². The molecule has 0 rings (SSSR count). The second-order valence-electron chi connectivity index (χ2n) is 32.7. The molecular formula is C87H170O17P2. The number of aliphatic hydroxyl groups is 1. The number of carbonyl (C=O) groups excluding carboxylic acids is 4. The number of hydrogen-bond acceptors (Lipinski definition) is 15. The fourth-order valence-electron chi connectivity index (χ4n) is 13.5. The summed E-state index contributed by atoms with van der Waals surface area (Å²) in [6.45, 7) is 12.1. The average Bonchev–Trinajstić information content (AvgIpc) is 0.902. The van der Waals surface area contributed by atoms with Gasteiger partial charge in [0.2, 0.25) is 0 Å². The van der Waals surface area contributed by atoms with Crippen LogP contribution >= 0.6 is 15.6 Å². The van der Waals surface area contributed by atoms with E-state index in [0.29, 0.717) is 25.7 Å². The summed E-state index contributed by atoms with van der Waals surface area (Å²) < 4.78 is 68.9. The lowest BCUT2D eigenvalue weighted by Crippen LogP contribution is -2.30. The van der Waals surface area contributed by atoms with Gasteiger partial charge in [0.05, 0.1) is 26.4 Å². The lowest BCUT2D eigenvalue weighted by molar-refractivity contribution is -0.161. The number of phosphoric ester groups is 2. The van der Waals surface area contributed by atoms with E-state index in [1.54, 1.807) is 0 Å². The zero-order valence-electron chi connectivity index (χ0n) is 69.9. The molecule has 0 aliphatic rings. The van der Waals surface area contributed by atoms with Crippen LogP contribution < -0.4 is 0 Å². The Balaban J connectivity index is 5.23. The Kier molecular flexibility index (Phi) is 75.6. The van der Waals surface area contributed by atoms with Crippen LogP contribution in [0.25, 0.3) is 0 Å². The predicted molar refractivity (Wildman–Crippen MR) is 437 cm³/mol. The van der Waals surface area contributed by atoms with Crippen molar-refractivity contribution in [2.75, 3.05) is 39.6 Å². The molecular weight excluding hydrogens is 1380 g/mol. The first kappa shape index (κ1) is 104. The first-order valence-electron chi connectivity index (χ1n) is 44.8. The van der Waals surface area contributed by atoms with Gasteiger partial charge in [0.15, 0.2) is 12.2 Å². The molecule has 3 N–H and O–H groups in total. The van der Waals surface area contributed by atoms with Crippen molar-refractivity contribution in [3.8, 4) is 0 Å². The average molecular weight is 1550 g/mol. The Bertz CT molecular complexity index is 2040. The molecule has 0 aliphatic heterocycles. The van der Waals surface area contributed by atoms with Gasteiger partial charge in [-0.2, -0.15) is 0 Å². The van der Waals surface area contributed by atoms with Crippen LogP contribution in [0.2, 0.25) is 0 Å². The first-order chi connectivity index (χ1) is 51.2. The Labute approximate surface area is 651 Å². The molecule has 0 spiro atoms. The van der Waals surface area contributed by atoms with Crippen molar-refractivity contribution in [1.82, 2.24) is 0 Å². The number of esters is 4. The maximum absolute atomic E-state index is 13.2. The molecule has 2 unspecified atom stereocenters. The molecule has 17 nitrogen and oxygen atoms in total. The van der Waals surface area contributed by atoms with Crippen molar-refractivity contribution in [3.63, 3.8) is 0 Å². The number of aliphatic hydroxyl groups excluding tert-OH is 1. The molecule has 0 aromatic carbocycles. The van der Waals surface area contributed by atoms with E-state index >= 15 is 0 Å².